The summed E-state index contributed by atoms with van der Waals surface area (Å²) in [6.45, 7) is 36.5. The van der Waals surface area contributed by atoms with Crippen LogP contribution in [-0.2, 0) is 40.2 Å². The van der Waals surface area contributed by atoms with Crippen molar-refractivity contribution in [1.82, 2.24) is 0 Å². The summed E-state index contributed by atoms with van der Waals surface area (Å²) < 4.78 is 51.3. The summed E-state index contributed by atoms with van der Waals surface area (Å²) >= 11 is 0. The molecule has 8 nitrogen and oxygen atoms in total. The Labute approximate surface area is 365 Å². The molecule has 0 aliphatic rings. The van der Waals surface area contributed by atoms with Gasteiger partial charge in [-0.15, -0.1) is 0 Å². The van der Waals surface area contributed by atoms with E-state index in [1.807, 2.05) is 0 Å². The zero-order valence-electron chi connectivity index (χ0n) is 39.3. The van der Waals surface area contributed by atoms with Crippen LogP contribution in [0, 0.1) is 27.7 Å². The molecule has 0 saturated carbocycles. The van der Waals surface area contributed by atoms with Crippen molar-refractivity contribution in [2.45, 2.75) is 132 Å². The van der Waals surface area contributed by atoms with E-state index < -0.39 is 17.2 Å². The highest BCUT2D eigenvalue weighted by Gasteiger charge is 2.31. The highest BCUT2D eigenvalue weighted by molar-refractivity contribution is 7.42. The van der Waals surface area contributed by atoms with Gasteiger partial charge in [-0.25, -0.2) is 0 Å². The molecule has 0 heterocycles. The Morgan fingerprint density at radius 1 is 0.333 bits per heavy atom. The predicted molar refractivity (Wildman–Crippen MR) is 249 cm³/mol. The molecular weight excluding hydrogens is 790 g/mol. The Balaban J connectivity index is 1.36. The Morgan fingerprint density at radius 3 is 0.767 bits per heavy atom. The van der Waals surface area contributed by atoms with Crippen molar-refractivity contribution in [3.05, 3.63) is 117 Å². The van der Waals surface area contributed by atoms with Gasteiger partial charge in [-0.3, -0.25) is 9.05 Å². The molecule has 330 valence electrons. The van der Waals surface area contributed by atoms with Crippen LogP contribution in [0.3, 0.4) is 0 Å². The van der Waals surface area contributed by atoms with Gasteiger partial charge < -0.3 is 27.6 Å². The normalized spacial score (nSPS) is 12.6. The molecule has 0 unspecified atom stereocenters. The average molecular weight is 863 g/mol. The monoisotopic (exact) mass is 862 g/mol. The van der Waals surface area contributed by atoms with Gasteiger partial charge in [0.25, 0.3) is 0 Å². The van der Waals surface area contributed by atoms with E-state index in [2.05, 4.69) is 184 Å². The Bertz CT molecular complexity index is 1710. The zero-order valence-corrected chi connectivity index (χ0v) is 41.1. The number of ether oxygens (including phenoxy) is 2. The van der Waals surface area contributed by atoms with Crippen molar-refractivity contribution in [2.24, 2.45) is 0 Å². The number of hydrogen-bond donors (Lipinski definition) is 0. The first-order chi connectivity index (χ1) is 28.0. The summed E-state index contributed by atoms with van der Waals surface area (Å²) in [5, 5.41) is 0. The van der Waals surface area contributed by atoms with Gasteiger partial charge in [0.05, 0.1) is 39.6 Å². The molecular formula is C50H72O8P2. The van der Waals surface area contributed by atoms with E-state index >= 15 is 0 Å². The Hall–Kier alpha value is -3.22. The van der Waals surface area contributed by atoms with E-state index in [9.17, 15) is 0 Å². The van der Waals surface area contributed by atoms with Crippen LogP contribution >= 0.6 is 17.2 Å². The third-order valence-corrected chi connectivity index (χ3v) is 12.1. The lowest BCUT2D eigenvalue weighted by molar-refractivity contribution is 0.0257. The largest absolute Gasteiger partial charge is 0.463 e. The minimum atomic E-state index is -1.82. The molecule has 60 heavy (non-hydrogen) atoms. The Kier molecular flexibility index (Phi) is 17.5. The highest BCUT2D eigenvalue weighted by Crippen LogP contribution is 2.50. The van der Waals surface area contributed by atoms with Crippen LogP contribution in [0.1, 0.15) is 128 Å². The smallest absolute Gasteiger partial charge is 0.417 e. The summed E-state index contributed by atoms with van der Waals surface area (Å²) in [5.74, 6) is 3.17. The molecule has 0 aliphatic heterocycles. The van der Waals surface area contributed by atoms with Gasteiger partial charge in [-0.2, -0.15) is 0 Å². The molecule has 10 heteroatoms. The maximum absolute atomic E-state index is 6.66. The van der Waals surface area contributed by atoms with Crippen LogP contribution in [0.4, 0.5) is 0 Å². The lowest BCUT2D eigenvalue weighted by Crippen LogP contribution is -2.17. The number of rotatable bonds is 19. The van der Waals surface area contributed by atoms with E-state index in [0.717, 1.165) is 67.5 Å². The molecule has 0 aromatic heterocycles. The van der Waals surface area contributed by atoms with Crippen molar-refractivity contribution in [3.63, 3.8) is 0 Å². The molecule has 0 aliphatic carbocycles. The van der Waals surface area contributed by atoms with Gasteiger partial charge in [0.2, 0.25) is 0 Å². The first-order valence-electron chi connectivity index (χ1n) is 21.1. The fraction of sp³-hybridized carbons (Fsp3) is 0.520. The molecule has 0 fully saturated rings. The second kappa shape index (κ2) is 21.2. The minimum Gasteiger partial charge on any atom is -0.417 e. The molecule has 4 aromatic rings. The first kappa shape index (κ1) is 49.4. The van der Waals surface area contributed by atoms with E-state index in [0.29, 0.717) is 26.4 Å². The predicted octanol–water partition coefficient (Wildman–Crippen LogP) is 14.2. The topological polar surface area (TPSA) is 73.8 Å². The van der Waals surface area contributed by atoms with Crippen molar-refractivity contribution >= 4 is 17.2 Å². The summed E-state index contributed by atoms with van der Waals surface area (Å²) in [5.41, 5.74) is 7.97. The lowest BCUT2D eigenvalue weighted by atomic mass is 9.85. The van der Waals surface area contributed by atoms with Gasteiger partial charge in [-0.1, -0.05) is 156 Å². The highest BCUT2D eigenvalue weighted by atomic mass is 31.2. The second-order valence-corrected chi connectivity index (χ2v) is 21.7. The fourth-order valence-electron chi connectivity index (χ4n) is 6.56. The van der Waals surface area contributed by atoms with E-state index in [1.54, 1.807) is 0 Å². The molecule has 0 saturated heterocycles. The number of para-hydroxylation sites is 4. The molecule has 4 rings (SSSR count). The fourth-order valence-corrected chi connectivity index (χ4v) is 8.86. The van der Waals surface area contributed by atoms with E-state index in [-0.39, 0.29) is 34.9 Å². The third-order valence-electron chi connectivity index (χ3n) is 9.96. The van der Waals surface area contributed by atoms with Crippen molar-refractivity contribution < 1.29 is 36.6 Å². The molecule has 0 spiro atoms. The van der Waals surface area contributed by atoms with Gasteiger partial charge in [0, 0.05) is 22.3 Å². The van der Waals surface area contributed by atoms with Gasteiger partial charge in [-0.05, 0) is 71.6 Å². The summed E-state index contributed by atoms with van der Waals surface area (Å²) in [6.07, 6.45) is 0. The molecule has 0 atom stereocenters. The van der Waals surface area contributed by atoms with E-state index in [1.165, 1.54) is 0 Å². The maximum Gasteiger partial charge on any atom is 0.463 e. The van der Waals surface area contributed by atoms with Crippen LogP contribution in [0.25, 0.3) is 0 Å². The number of hydrogen-bond acceptors (Lipinski definition) is 8. The van der Waals surface area contributed by atoms with Gasteiger partial charge in [0.15, 0.2) is 0 Å². The number of aryl methyl sites for hydroxylation is 4. The summed E-state index contributed by atoms with van der Waals surface area (Å²) in [4.78, 5) is 0. The van der Waals surface area contributed by atoms with Gasteiger partial charge >= 0.3 is 17.2 Å². The van der Waals surface area contributed by atoms with Crippen LogP contribution < -0.4 is 18.1 Å². The Morgan fingerprint density at radius 2 is 0.550 bits per heavy atom. The molecule has 4 aromatic carbocycles. The van der Waals surface area contributed by atoms with Crippen molar-refractivity contribution in [1.29, 1.82) is 0 Å². The third kappa shape index (κ3) is 14.2. The quantitative estimate of drug-likeness (QED) is 0.0682. The lowest BCUT2D eigenvalue weighted by Gasteiger charge is -2.28. The molecule has 0 bridgehead atoms. The molecule has 0 amide bonds. The molecule has 0 N–H and O–H groups in total. The number of benzene rings is 4. The van der Waals surface area contributed by atoms with Gasteiger partial charge in [0.1, 0.15) is 23.0 Å². The average Bonchev–Trinajstić information content (AvgIpc) is 3.13. The van der Waals surface area contributed by atoms with Crippen LogP contribution in [0.2, 0.25) is 0 Å². The first-order valence-corrected chi connectivity index (χ1v) is 23.3. The SMILES string of the molecule is Cc1cccc(C(C)(C)C)c1OP(OCCOCCOCCOP(Oc1c(C)cccc1C(C)(C)C)Oc1c(C)cccc1C(C)(C)C)Oc1c(C)cccc1C(C)(C)C. The van der Waals surface area contributed by atoms with Crippen LogP contribution in [0.15, 0.2) is 72.8 Å². The van der Waals surface area contributed by atoms with Crippen LogP contribution in [-0.4, -0.2) is 39.6 Å². The minimum absolute atomic E-state index is 0.134. The summed E-state index contributed by atoms with van der Waals surface area (Å²) in [7, 11) is -3.64. The second-order valence-electron chi connectivity index (χ2n) is 19.5. The maximum atomic E-state index is 6.66. The van der Waals surface area contributed by atoms with Crippen molar-refractivity contribution in [3.8, 4) is 23.0 Å². The van der Waals surface area contributed by atoms with E-state index in [4.69, 9.17) is 36.6 Å². The molecule has 0 radical (unpaired) electrons. The zero-order chi connectivity index (χ0) is 44.5. The van der Waals surface area contributed by atoms with Crippen molar-refractivity contribution in [2.75, 3.05) is 39.6 Å². The summed E-state index contributed by atoms with van der Waals surface area (Å²) in [6, 6.07) is 24.9. The van der Waals surface area contributed by atoms with Crippen LogP contribution in [0.5, 0.6) is 23.0 Å². The standard InChI is InChI=1S/C50H72O8P2/c1-35-21-17-25-39(47(5,6)7)43(35)55-59(56-44-36(2)22-18-26-40(44)48(8,9)10)53-33-31-51-29-30-52-32-34-54-60(57-45-37(3)23-19-27-41(45)49(11,12)13)58-46-38(4)24-20-28-42(46)50(14,15)16/h17-28H,29-34H2,1-16H3.